The lowest BCUT2D eigenvalue weighted by atomic mass is 9.88. The standard InChI is InChI=1S/C34H34FN9OS/c1-4-17-43-18-13-23(14-19-43)31-29(30(41-42(31)3)22-5-7-25(35)8-6-22)26-9-10-28-38-27(20-44(28)40-26)39-33(45)32-21(2)37-34(46-32)24-11-15-36-16-12-24/h5-12,15-16,20,23H,4,13-14,17-19H2,1-3H3,(H,39,45). The van der Waals surface area contributed by atoms with Crippen LogP contribution in [0.3, 0.4) is 0 Å². The number of fused-ring (bicyclic) bond motifs is 1. The number of thiazole rings is 1. The number of nitrogens with one attached hydrogen (secondary N) is 1. The molecule has 7 rings (SSSR count). The number of imidazole rings is 1. The first kappa shape index (κ1) is 29.9. The molecule has 0 bridgehead atoms. The van der Waals surface area contributed by atoms with Crippen molar-refractivity contribution in [2.75, 3.05) is 25.0 Å². The molecule has 1 aliphatic rings. The minimum atomic E-state index is -0.292. The van der Waals surface area contributed by atoms with Crippen molar-refractivity contribution in [3.05, 3.63) is 89.2 Å². The third-order valence-corrected chi connectivity index (χ3v) is 9.68. The van der Waals surface area contributed by atoms with Crippen molar-refractivity contribution in [2.24, 2.45) is 7.05 Å². The fourth-order valence-corrected chi connectivity index (χ4v) is 7.25. The Hall–Kier alpha value is -4.81. The molecule has 12 heteroatoms. The molecule has 0 aliphatic carbocycles. The number of pyridine rings is 1. The van der Waals surface area contributed by atoms with Crippen LogP contribution in [-0.2, 0) is 7.05 Å². The number of carbonyl (C=O) groups excluding carboxylic acids is 1. The van der Waals surface area contributed by atoms with E-state index in [0.29, 0.717) is 28.0 Å². The lowest BCUT2D eigenvalue weighted by Crippen LogP contribution is -2.34. The lowest BCUT2D eigenvalue weighted by Gasteiger charge is -2.32. The van der Waals surface area contributed by atoms with Gasteiger partial charge in [-0.2, -0.15) is 10.2 Å². The average Bonchev–Trinajstić information content (AvgIpc) is 3.76. The Morgan fingerprint density at radius 2 is 1.76 bits per heavy atom. The van der Waals surface area contributed by atoms with E-state index >= 15 is 0 Å². The minimum absolute atomic E-state index is 0.276. The molecule has 10 nitrogen and oxygen atoms in total. The number of benzene rings is 1. The molecule has 1 aromatic carbocycles. The van der Waals surface area contributed by atoms with Gasteiger partial charge < -0.3 is 10.2 Å². The van der Waals surface area contributed by atoms with Gasteiger partial charge in [0.15, 0.2) is 11.5 Å². The van der Waals surface area contributed by atoms with Crippen molar-refractivity contribution in [3.63, 3.8) is 0 Å². The van der Waals surface area contributed by atoms with Crippen molar-refractivity contribution in [3.8, 4) is 33.1 Å². The zero-order valence-corrected chi connectivity index (χ0v) is 26.8. The Morgan fingerprint density at radius 3 is 2.50 bits per heavy atom. The molecule has 0 saturated carbocycles. The third-order valence-electron chi connectivity index (χ3n) is 8.47. The molecular weight excluding hydrogens is 602 g/mol. The van der Waals surface area contributed by atoms with Gasteiger partial charge in [0, 0.05) is 36.5 Å². The summed E-state index contributed by atoms with van der Waals surface area (Å²) in [6.07, 6.45) is 8.32. The zero-order valence-electron chi connectivity index (χ0n) is 25.9. The fraction of sp³-hybridized carbons (Fsp3) is 0.294. The van der Waals surface area contributed by atoms with Crippen molar-refractivity contribution < 1.29 is 9.18 Å². The second kappa shape index (κ2) is 12.5. The number of nitrogens with zero attached hydrogens (tertiary/aromatic N) is 8. The number of likely N-dealkylation sites (tertiary alicyclic amines) is 1. The number of halogens is 1. The summed E-state index contributed by atoms with van der Waals surface area (Å²) in [7, 11) is 1.98. The summed E-state index contributed by atoms with van der Waals surface area (Å²) in [6, 6.07) is 14.0. The number of aromatic nitrogens is 7. The van der Waals surface area contributed by atoms with E-state index in [1.165, 1.54) is 23.5 Å². The number of hydrogen-bond acceptors (Lipinski definition) is 8. The van der Waals surface area contributed by atoms with Crippen LogP contribution in [0, 0.1) is 12.7 Å². The Kier molecular flexibility index (Phi) is 8.14. The van der Waals surface area contributed by atoms with Gasteiger partial charge in [-0.05, 0) is 94.4 Å². The van der Waals surface area contributed by atoms with Crippen LogP contribution in [0.2, 0.25) is 0 Å². The number of piperidine rings is 1. The van der Waals surface area contributed by atoms with Crippen LogP contribution in [0.4, 0.5) is 10.2 Å². The first-order chi connectivity index (χ1) is 22.4. The predicted molar refractivity (Wildman–Crippen MR) is 177 cm³/mol. The Bertz CT molecular complexity index is 2010. The quantitative estimate of drug-likeness (QED) is 0.201. The van der Waals surface area contributed by atoms with Gasteiger partial charge in [-0.1, -0.05) is 6.92 Å². The SMILES string of the molecule is CCCN1CCC(c2c(-c3ccc4nc(NC(=O)c5sc(-c6ccncc6)nc5C)cn4n3)c(-c3ccc(F)cc3)nn2C)CC1. The second-order valence-electron chi connectivity index (χ2n) is 11.6. The van der Waals surface area contributed by atoms with E-state index in [4.69, 9.17) is 10.2 Å². The molecule has 234 valence electrons. The van der Waals surface area contributed by atoms with Gasteiger partial charge in [0.05, 0.1) is 28.8 Å². The third kappa shape index (κ3) is 5.81. The van der Waals surface area contributed by atoms with Gasteiger partial charge in [-0.3, -0.25) is 14.5 Å². The highest BCUT2D eigenvalue weighted by atomic mass is 32.1. The monoisotopic (exact) mass is 635 g/mol. The van der Waals surface area contributed by atoms with Crippen LogP contribution in [0.5, 0.6) is 0 Å². The summed E-state index contributed by atoms with van der Waals surface area (Å²) in [5, 5.41) is 13.6. The predicted octanol–water partition coefficient (Wildman–Crippen LogP) is 6.60. The highest BCUT2D eigenvalue weighted by Gasteiger charge is 2.29. The highest BCUT2D eigenvalue weighted by molar-refractivity contribution is 7.17. The van der Waals surface area contributed by atoms with E-state index in [1.54, 1.807) is 35.2 Å². The molecule has 0 atom stereocenters. The molecule has 1 amide bonds. The van der Waals surface area contributed by atoms with Crippen LogP contribution >= 0.6 is 11.3 Å². The Morgan fingerprint density at radius 1 is 1.00 bits per heavy atom. The molecule has 1 saturated heterocycles. The molecule has 1 fully saturated rings. The van der Waals surface area contributed by atoms with E-state index in [-0.39, 0.29) is 11.7 Å². The van der Waals surface area contributed by atoms with Crippen LogP contribution in [-0.4, -0.2) is 64.8 Å². The first-order valence-corrected chi connectivity index (χ1v) is 16.3. The van der Waals surface area contributed by atoms with Crippen LogP contribution in [0.25, 0.3) is 38.7 Å². The van der Waals surface area contributed by atoms with Crippen molar-refractivity contribution in [2.45, 2.75) is 39.0 Å². The summed E-state index contributed by atoms with van der Waals surface area (Å²) in [5.41, 5.74) is 6.55. The molecular formula is C34H34FN9OS. The molecule has 5 aromatic heterocycles. The van der Waals surface area contributed by atoms with Crippen LogP contribution in [0.1, 0.15) is 53.2 Å². The van der Waals surface area contributed by atoms with E-state index in [9.17, 15) is 9.18 Å². The summed E-state index contributed by atoms with van der Waals surface area (Å²) in [4.78, 5) is 29.6. The van der Waals surface area contributed by atoms with E-state index < -0.39 is 0 Å². The maximum absolute atomic E-state index is 13.9. The maximum Gasteiger partial charge on any atom is 0.268 e. The van der Waals surface area contributed by atoms with Crippen molar-refractivity contribution in [1.82, 2.24) is 39.2 Å². The molecule has 0 unspecified atom stereocenters. The van der Waals surface area contributed by atoms with Gasteiger partial charge in [0.25, 0.3) is 5.91 Å². The number of hydrogen-bond donors (Lipinski definition) is 1. The van der Waals surface area contributed by atoms with Gasteiger partial charge in [0.1, 0.15) is 21.4 Å². The van der Waals surface area contributed by atoms with Gasteiger partial charge in [-0.15, -0.1) is 11.3 Å². The maximum atomic E-state index is 13.9. The average molecular weight is 636 g/mol. The van der Waals surface area contributed by atoms with Gasteiger partial charge in [-0.25, -0.2) is 18.9 Å². The number of amides is 1. The van der Waals surface area contributed by atoms with Gasteiger partial charge >= 0.3 is 0 Å². The van der Waals surface area contributed by atoms with Gasteiger partial charge in [0.2, 0.25) is 0 Å². The molecule has 6 heterocycles. The van der Waals surface area contributed by atoms with Crippen LogP contribution in [0.15, 0.2) is 67.1 Å². The topological polar surface area (TPSA) is 106 Å². The number of anilines is 1. The van der Waals surface area contributed by atoms with E-state index in [0.717, 1.165) is 77.7 Å². The Balaban J connectivity index is 1.22. The number of rotatable bonds is 8. The van der Waals surface area contributed by atoms with Crippen molar-refractivity contribution in [1.29, 1.82) is 0 Å². The second-order valence-corrected chi connectivity index (χ2v) is 12.6. The molecule has 1 aliphatic heterocycles. The number of carbonyl (C=O) groups is 1. The molecule has 6 aromatic rings. The number of aryl methyl sites for hydroxylation is 2. The molecule has 1 N–H and O–H groups in total. The summed E-state index contributed by atoms with van der Waals surface area (Å²) in [6.45, 7) is 7.23. The first-order valence-electron chi connectivity index (χ1n) is 15.5. The van der Waals surface area contributed by atoms with Crippen molar-refractivity contribution >= 4 is 28.7 Å². The molecule has 0 radical (unpaired) electrons. The van der Waals surface area contributed by atoms with Crippen LogP contribution < -0.4 is 5.32 Å². The zero-order chi connectivity index (χ0) is 31.8. The molecule has 0 spiro atoms. The van der Waals surface area contributed by atoms with E-state index in [2.05, 4.69) is 32.1 Å². The molecule has 46 heavy (non-hydrogen) atoms. The smallest absolute Gasteiger partial charge is 0.268 e. The fourth-order valence-electron chi connectivity index (χ4n) is 6.29. The normalized spacial score (nSPS) is 14.3. The minimum Gasteiger partial charge on any atom is -0.304 e. The summed E-state index contributed by atoms with van der Waals surface area (Å²) < 4.78 is 17.5. The summed E-state index contributed by atoms with van der Waals surface area (Å²) >= 11 is 1.33. The summed E-state index contributed by atoms with van der Waals surface area (Å²) in [5.74, 6) is 0.131. The highest BCUT2D eigenvalue weighted by Crippen LogP contribution is 2.40. The lowest BCUT2D eigenvalue weighted by molar-refractivity contribution is 0.102. The van der Waals surface area contributed by atoms with E-state index in [1.807, 2.05) is 42.9 Å². The largest absolute Gasteiger partial charge is 0.304 e. The Labute approximate surface area is 270 Å².